The molecule has 116 valence electrons. The second kappa shape index (κ2) is 8.97. The highest BCUT2D eigenvalue weighted by atomic mass is 16.5. The molecule has 1 aromatic carbocycles. The fourth-order valence-electron chi connectivity index (χ4n) is 1.73. The molecule has 21 heavy (non-hydrogen) atoms. The molecule has 0 aliphatic rings. The van der Waals surface area contributed by atoms with Crippen molar-refractivity contribution in [3.05, 3.63) is 23.8 Å². The molecule has 0 spiro atoms. The number of rotatable bonds is 9. The zero-order chi connectivity index (χ0) is 15.7. The Hall–Kier alpha value is -2.08. The highest BCUT2D eigenvalue weighted by Crippen LogP contribution is 2.25. The number of nitrogens with one attached hydrogen (secondary N) is 1. The number of benzene rings is 1. The lowest BCUT2D eigenvalue weighted by Crippen LogP contribution is -2.19. The van der Waals surface area contributed by atoms with E-state index in [1.54, 1.807) is 0 Å². The summed E-state index contributed by atoms with van der Waals surface area (Å²) in [7, 11) is 1.41. The van der Waals surface area contributed by atoms with Crippen LogP contribution in [-0.2, 0) is 9.53 Å². The first kappa shape index (κ1) is 17.0. The van der Waals surface area contributed by atoms with E-state index in [0.717, 1.165) is 19.3 Å². The second-order valence-corrected chi connectivity index (χ2v) is 4.53. The Morgan fingerprint density at radius 2 is 2.05 bits per heavy atom. The van der Waals surface area contributed by atoms with Gasteiger partial charge in [-0.25, -0.2) is 4.79 Å². The summed E-state index contributed by atoms with van der Waals surface area (Å²) in [5.41, 5.74) is 0.519. The van der Waals surface area contributed by atoms with Gasteiger partial charge in [0.25, 0.3) is 0 Å². The Labute approximate surface area is 124 Å². The van der Waals surface area contributed by atoms with E-state index in [9.17, 15) is 9.59 Å². The lowest BCUT2D eigenvalue weighted by atomic mass is 10.2. The van der Waals surface area contributed by atoms with Gasteiger partial charge in [0.2, 0.25) is 5.91 Å². The molecule has 0 saturated carbocycles. The first-order chi connectivity index (χ1) is 10.1. The molecule has 1 amide bonds. The van der Waals surface area contributed by atoms with E-state index in [0.29, 0.717) is 18.0 Å². The van der Waals surface area contributed by atoms with Crippen molar-refractivity contribution in [2.24, 2.45) is 0 Å². The van der Waals surface area contributed by atoms with Crippen molar-refractivity contribution in [3.63, 3.8) is 0 Å². The van der Waals surface area contributed by atoms with Gasteiger partial charge in [0.1, 0.15) is 12.4 Å². The van der Waals surface area contributed by atoms with Crippen LogP contribution in [-0.4, -0.2) is 37.3 Å². The van der Waals surface area contributed by atoms with Crippen molar-refractivity contribution in [2.45, 2.75) is 26.2 Å². The molecule has 0 heterocycles. The van der Waals surface area contributed by atoms with Gasteiger partial charge < -0.3 is 19.9 Å². The van der Waals surface area contributed by atoms with Gasteiger partial charge in [0.15, 0.2) is 0 Å². The fourth-order valence-corrected chi connectivity index (χ4v) is 1.73. The molecule has 0 fully saturated rings. The first-order valence-corrected chi connectivity index (χ1v) is 6.87. The summed E-state index contributed by atoms with van der Waals surface area (Å²) in [6.45, 7) is 2.61. The van der Waals surface area contributed by atoms with Crippen LogP contribution < -0.4 is 10.1 Å². The minimum Gasteiger partial charge on any atom is -0.495 e. The van der Waals surface area contributed by atoms with Gasteiger partial charge in [-0.2, -0.15) is 0 Å². The van der Waals surface area contributed by atoms with E-state index < -0.39 is 5.97 Å². The average molecular weight is 295 g/mol. The molecule has 1 rings (SSSR count). The van der Waals surface area contributed by atoms with Crippen molar-refractivity contribution in [2.75, 3.05) is 25.6 Å². The van der Waals surface area contributed by atoms with Crippen LogP contribution in [0.15, 0.2) is 18.2 Å². The van der Waals surface area contributed by atoms with Crippen molar-refractivity contribution >= 4 is 17.6 Å². The maximum Gasteiger partial charge on any atom is 0.335 e. The minimum absolute atomic E-state index is 0.0342. The number of carbonyl (C=O) groups is 2. The van der Waals surface area contributed by atoms with Gasteiger partial charge in [-0.15, -0.1) is 0 Å². The number of ether oxygens (including phenoxy) is 2. The average Bonchev–Trinajstić information content (AvgIpc) is 2.47. The van der Waals surface area contributed by atoms with E-state index in [4.69, 9.17) is 14.6 Å². The maximum atomic E-state index is 11.7. The van der Waals surface area contributed by atoms with Crippen molar-refractivity contribution in [1.29, 1.82) is 0 Å². The largest absolute Gasteiger partial charge is 0.495 e. The van der Waals surface area contributed by atoms with Gasteiger partial charge in [0.05, 0.1) is 18.4 Å². The normalized spacial score (nSPS) is 10.2. The molecule has 6 nitrogen and oxygen atoms in total. The number of carboxylic acids is 1. The fraction of sp³-hybridized carbons (Fsp3) is 0.467. The Kier molecular flexibility index (Phi) is 7.25. The van der Waals surface area contributed by atoms with Gasteiger partial charge >= 0.3 is 5.97 Å². The molecular weight excluding hydrogens is 274 g/mol. The maximum absolute atomic E-state index is 11.7. The van der Waals surface area contributed by atoms with Crippen LogP contribution >= 0.6 is 0 Å². The van der Waals surface area contributed by atoms with Crippen LogP contribution in [0.3, 0.4) is 0 Å². The summed E-state index contributed by atoms with van der Waals surface area (Å²) in [6, 6.07) is 4.26. The molecule has 0 radical (unpaired) electrons. The molecule has 0 aliphatic carbocycles. The summed E-state index contributed by atoms with van der Waals surface area (Å²) in [6.07, 6.45) is 3.11. The second-order valence-electron chi connectivity index (χ2n) is 4.53. The number of hydrogen-bond donors (Lipinski definition) is 2. The number of anilines is 1. The SMILES string of the molecule is CCCCCOCC(=O)Nc1ccc(C(=O)O)cc1OC. The van der Waals surface area contributed by atoms with Gasteiger partial charge in [-0.3, -0.25) is 4.79 Å². The van der Waals surface area contributed by atoms with Crippen molar-refractivity contribution in [1.82, 2.24) is 0 Å². The number of amides is 1. The molecule has 0 aliphatic heterocycles. The summed E-state index contributed by atoms with van der Waals surface area (Å²) < 4.78 is 10.3. The lowest BCUT2D eigenvalue weighted by Gasteiger charge is -2.11. The van der Waals surface area contributed by atoms with Crippen LogP contribution in [0.1, 0.15) is 36.5 Å². The van der Waals surface area contributed by atoms with E-state index in [-0.39, 0.29) is 18.1 Å². The zero-order valence-electron chi connectivity index (χ0n) is 12.3. The van der Waals surface area contributed by atoms with E-state index >= 15 is 0 Å². The summed E-state index contributed by atoms with van der Waals surface area (Å²) in [5.74, 6) is -1.05. The highest BCUT2D eigenvalue weighted by molar-refractivity contribution is 5.95. The Morgan fingerprint density at radius 1 is 1.29 bits per heavy atom. The molecular formula is C15H21NO5. The Morgan fingerprint density at radius 3 is 2.67 bits per heavy atom. The van der Waals surface area contributed by atoms with Crippen LogP contribution in [0.5, 0.6) is 5.75 Å². The van der Waals surface area contributed by atoms with Crippen molar-refractivity contribution in [3.8, 4) is 5.75 Å². The minimum atomic E-state index is -1.05. The highest BCUT2D eigenvalue weighted by Gasteiger charge is 2.11. The van der Waals surface area contributed by atoms with E-state index in [1.807, 2.05) is 0 Å². The lowest BCUT2D eigenvalue weighted by molar-refractivity contribution is -0.120. The summed E-state index contributed by atoms with van der Waals surface area (Å²) in [4.78, 5) is 22.6. The quantitative estimate of drug-likeness (QED) is 0.684. The van der Waals surface area contributed by atoms with Crippen LogP contribution in [0.2, 0.25) is 0 Å². The topological polar surface area (TPSA) is 84.9 Å². The molecule has 0 saturated heterocycles. The third-order valence-electron chi connectivity index (χ3n) is 2.85. The van der Waals surface area contributed by atoms with Crippen LogP contribution in [0.4, 0.5) is 5.69 Å². The predicted molar refractivity (Wildman–Crippen MR) is 78.9 cm³/mol. The predicted octanol–water partition coefficient (Wildman–Crippen LogP) is 2.54. The molecule has 1 aromatic rings. The van der Waals surface area contributed by atoms with Gasteiger partial charge in [-0.05, 0) is 24.6 Å². The first-order valence-electron chi connectivity index (χ1n) is 6.87. The number of carboxylic acid groups (broad SMARTS) is 1. The Bertz CT molecular complexity index is 487. The van der Waals surface area contributed by atoms with Crippen LogP contribution in [0, 0.1) is 0 Å². The third kappa shape index (κ3) is 5.83. The standard InChI is InChI=1S/C15H21NO5/c1-3-4-5-8-21-10-14(17)16-12-7-6-11(15(18)19)9-13(12)20-2/h6-7,9H,3-5,8,10H2,1-2H3,(H,16,17)(H,18,19). The Balaban J connectivity index is 2.53. The number of unbranched alkanes of at least 4 members (excludes halogenated alkanes) is 2. The van der Waals surface area contributed by atoms with E-state index in [2.05, 4.69) is 12.2 Å². The molecule has 2 N–H and O–H groups in total. The number of aromatic carboxylic acids is 1. The third-order valence-corrected chi connectivity index (χ3v) is 2.85. The van der Waals surface area contributed by atoms with E-state index in [1.165, 1.54) is 25.3 Å². The smallest absolute Gasteiger partial charge is 0.335 e. The molecule has 0 unspecified atom stereocenters. The monoisotopic (exact) mass is 295 g/mol. The van der Waals surface area contributed by atoms with Gasteiger partial charge in [-0.1, -0.05) is 19.8 Å². The molecule has 6 heteroatoms. The number of carbonyl (C=O) groups excluding carboxylic acids is 1. The zero-order valence-corrected chi connectivity index (χ0v) is 12.3. The summed E-state index contributed by atoms with van der Waals surface area (Å²) in [5, 5.41) is 11.5. The number of hydrogen-bond acceptors (Lipinski definition) is 4. The number of methoxy groups -OCH3 is 1. The van der Waals surface area contributed by atoms with Gasteiger partial charge in [0, 0.05) is 6.61 Å². The molecule has 0 atom stereocenters. The molecule has 0 bridgehead atoms. The molecule has 0 aromatic heterocycles. The van der Waals surface area contributed by atoms with Crippen molar-refractivity contribution < 1.29 is 24.2 Å². The van der Waals surface area contributed by atoms with Crippen LogP contribution in [0.25, 0.3) is 0 Å². The summed E-state index contributed by atoms with van der Waals surface area (Å²) >= 11 is 0.